The average Bonchev–Trinajstić information content (AvgIpc) is 2.92. The van der Waals surface area contributed by atoms with Gasteiger partial charge in [-0.1, -0.05) is 12.1 Å². The lowest BCUT2D eigenvalue weighted by Gasteiger charge is -2.05. The number of rotatable bonds is 5. The van der Waals surface area contributed by atoms with Crippen LogP contribution in [0.15, 0.2) is 36.7 Å². The Hall–Kier alpha value is -2.63. The van der Waals surface area contributed by atoms with Gasteiger partial charge in [0.05, 0.1) is 12.6 Å². The topological polar surface area (TPSA) is 95.1 Å². The molecule has 0 unspecified atom stereocenters. The van der Waals surface area contributed by atoms with E-state index < -0.39 is 5.97 Å². The summed E-state index contributed by atoms with van der Waals surface area (Å²) >= 11 is 0. The van der Waals surface area contributed by atoms with Gasteiger partial charge in [0.25, 0.3) is 5.91 Å². The molecule has 3 N–H and O–H groups in total. The van der Waals surface area contributed by atoms with Gasteiger partial charge in [0, 0.05) is 23.9 Å². The van der Waals surface area contributed by atoms with Crippen LogP contribution in [0.4, 0.5) is 0 Å². The van der Waals surface area contributed by atoms with Gasteiger partial charge in [0.2, 0.25) is 0 Å². The molecule has 0 aliphatic carbocycles. The van der Waals surface area contributed by atoms with Crippen LogP contribution in [0.5, 0.6) is 0 Å². The van der Waals surface area contributed by atoms with E-state index in [9.17, 15) is 9.59 Å². The van der Waals surface area contributed by atoms with Crippen molar-refractivity contribution < 1.29 is 14.7 Å². The van der Waals surface area contributed by atoms with Gasteiger partial charge in [-0.05, 0) is 17.7 Å². The van der Waals surface area contributed by atoms with Gasteiger partial charge >= 0.3 is 5.97 Å². The Morgan fingerprint density at radius 3 is 2.84 bits per heavy atom. The molecule has 98 valence electrons. The number of aliphatic carboxylic acids is 1. The van der Waals surface area contributed by atoms with Crippen molar-refractivity contribution in [2.24, 2.45) is 0 Å². The molecule has 0 atom stereocenters. The van der Waals surface area contributed by atoms with Gasteiger partial charge in [0.1, 0.15) is 0 Å². The van der Waals surface area contributed by atoms with Crippen LogP contribution < -0.4 is 5.32 Å². The average molecular weight is 259 g/mol. The molecular weight excluding hydrogens is 246 g/mol. The van der Waals surface area contributed by atoms with Crippen LogP contribution in [0.1, 0.15) is 16.8 Å². The molecule has 0 fully saturated rings. The Bertz CT molecular complexity index is 579. The number of aromatic amines is 1. The van der Waals surface area contributed by atoms with E-state index in [1.165, 1.54) is 0 Å². The van der Waals surface area contributed by atoms with E-state index in [1.807, 2.05) is 6.07 Å². The number of hydrogen-bond acceptors (Lipinski definition) is 3. The number of H-pyrrole nitrogens is 1. The van der Waals surface area contributed by atoms with E-state index in [-0.39, 0.29) is 18.9 Å². The van der Waals surface area contributed by atoms with Crippen LogP contribution in [-0.2, 0) is 4.79 Å². The molecule has 0 aliphatic heterocycles. The third-order valence-electron chi connectivity index (χ3n) is 2.58. The monoisotopic (exact) mass is 259 g/mol. The second-order valence-corrected chi connectivity index (χ2v) is 3.97. The maximum Gasteiger partial charge on any atom is 0.305 e. The maximum atomic E-state index is 11.8. The Morgan fingerprint density at radius 2 is 2.16 bits per heavy atom. The molecule has 1 aromatic carbocycles. The second kappa shape index (κ2) is 5.81. The Balaban J connectivity index is 2.06. The number of hydrogen-bond donors (Lipinski definition) is 3. The predicted octanol–water partition coefficient (Wildman–Crippen LogP) is 1.28. The van der Waals surface area contributed by atoms with Crippen LogP contribution in [-0.4, -0.2) is 33.7 Å². The summed E-state index contributed by atoms with van der Waals surface area (Å²) in [6.07, 6.45) is 3.32. The summed E-state index contributed by atoms with van der Waals surface area (Å²) < 4.78 is 0. The minimum atomic E-state index is -0.938. The highest BCUT2D eigenvalue weighted by Crippen LogP contribution is 2.18. The lowest BCUT2D eigenvalue weighted by atomic mass is 10.1. The standard InChI is InChI=1S/C13H13N3O3/c17-12(18)4-5-14-13(19)10-3-1-2-9(6-10)11-7-15-16-8-11/h1-3,6-8H,4-5H2,(H,14,19)(H,15,16)(H,17,18). The smallest absolute Gasteiger partial charge is 0.305 e. The number of amides is 1. The largest absolute Gasteiger partial charge is 0.481 e. The number of nitrogens with zero attached hydrogens (tertiary/aromatic N) is 1. The highest BCUT2D eigenvalue weighted by molar-refractivity contribution is 5.95. The summed E-state index contributed by atoms with van der Waals surface area (Å²) in [5.74, 6) is -1.22. The van der Waals surface area contributed by atoms with Gasteiger partial charge in [0.15, 0.2) is 0 Å². The van der Waals surface area contributed by atoms with E-state index in [1.54, 1.807) is 30.6 Å². The molecule has 0 bridgehead atoms. The summed E-state index contributed by atoms with van der Waals surface area (Å²) in [4.78, 5) is 22.2. The van der Waals surface area contributed by atoms with E-state index >= 15 is 0 Å². The lowest BCUT2D eigenvalue weighted by molar-refractivity contribution is -0.136. The third-order valence-corrected chi connectivity index (χ3v) is 2.58. The molecule has 1 heterocycles. The van der Waals surface area contributed by atoms with Crippen molar-refractivity contribution in [1.82, 2.24) is 15.5 Å². The van der Waals surface area contributed by atoms with E-state index in [2.05, 4.69) is 15.5 Å². The van der Waals surface area contributed by atoms with Gasteiger partial charge in [-0.2, -0.15) is 5.10 Å². The zero-order valence-corrected chi connectivity index (χ0v) is 10.1. The first-order valence-electron chi connectivity index (χ1n) is 5.76. The number of carbonyl (C=O) groups excluding carboxylic acids is 1. The molecule has 0 saturated carbocycles. The Labute approximate surface area is 109 Å². The van der Waals surface area contributed by atoms with Crippen molar-refractivity contribution in [3.8, 4) is 11.1 Å². The summed E-state index contributed by atoms with van der Waals surface area (Å²) in [7, 11) is 0. The molecule has 0 saturated heterocycles. The normalized spacial score (nSPS) is 10.1. The molecule has 1 aromatic heterocycles. The first-order valence-corrected chi connectivity index (χ1v) is 5.76. The van der Waals surface area contributed by atoms with Crippen LogP contribution in [0.2, 0.25) is 0 Å². The van der Waals surface area contributed by atoms with Crippen LogP contribution >= 0.6 is 0 Å². The van der Waals surface area contributed by atoms with Gasteiger partial charge in [-0.3, -0.25) is 14.7 Å². The SMILES string of the molecule is O=C(O)CCNC(=O)c1cccc(-c2cn[nH]c2)c1. The number of aromatic nitrogens is 2. The van der Waals surface area contributed by atoms with Gasteiger partial charge in [-0.25, -0.2) is 0 Å². The molecule has 0 spiro atoms. The zero-order chi connectivity index (χ0) is 13.7. The first-order chi connectivity index (χ1) is 9.16. The molecule has 0 aliphatic rings. The minimum absolute atomic E-state index is 0.0901. The molecule has 2 aromatic rings. The quantitative estimate of drug-likeness (QED) is 0.753. The predicted molar refractivity (Wildman–Crippen MR) is 68.6 cm³/mol. The maximum absolute atomic E-state index is 11.8. The number of nitrogens with one attached hydrogen (secondary N) is 2. The van der Waals surface area contributed by atoms with E-state index in [0.29, 0.717) is 5.56 Å². The number of carbonyl (C=O) groups is 2. The second-order valence-electron chi connectivity index (χ2n) is 3.97. The van der Waals surface area contributed by atoms with Crippen LogP contribution in [0.25, 0.3) is 11.1 Å². The summed E-state index contributed by atoms with van der Waals surface area (Å²) in [5, 5.41) is 17.6. The highest BCUT2D eigenvalue weighted by Gasteiger charge is 2.07. The first kappa shape index (κ1) is 12.8. The molecular formula is C13H13N3O3. The Kier molecular flexibility index (Phi) is 3.92. The molecule has 6 heteroatoms. The van der Waals surface area contributed by atoms with Gasteiger partial charge < -0.3 is 10.4 Å². The van der Waals surface area contributed by atoms with E-state index in [0.717, 1.165) is 11.1 Å². The lowest BCUT2D eigenvalue weighted by Crippen LogP contribution is -2.25. The fourth-order valence-corrected chi connectivity index (χ4v) is 1.63. The van der Waals surface area contributed by atoms with Crippen molar-refractivity contribution >= 4 is 11.9 Å². The fraction of sp³-hybridized carbons (Fsp3) is 0.154. The molecule has 1 amide bonds. The summed E-state index contributed by atoms with van der Waals surface area (Å²) in [6.45, 7) is 0.115. The third kappa shape index (κ3) is 3.41. The highest BCUT2D eigenvalue weighted by atomic mass is 16.4. The van der Waals surface area contributed by atoms with Crippen molar-refractivity contribution in [2.75, 3.05) is 6.54 Å². The van der Waals surface area contributed by atoms with E-state index in [4.69, 9.17) is 5.11 Å². The molecule has 0 radical (unpaired) electrons. The minimum Gasteiger partial charge on any atom is -0.481 e. The molecule has 2 rings (SSSR count). The van der Waals surface area contributed by atoms with Crippen molar-refractivity contribution in [3.63, 3.8) is 0 Å². The zero-order valence-electron chi connectivity index (χ0n) is 10.1. The van der Waals surface area contributed by atoms with Crippen LogP contribution in [0, 0.1) is 0 Å². The fourth-order valence-electron chi connectivity index (χ4n) is 1.63. The van der Waals surface area contributed by atoms with Crippen molar-refractivity contribution in [1.29, 1.82) is 0 Å². The summed E-state index contributed by atoms with van der Waals surface area (Å²) in [6, 6.07) is 7.06. The number of carboxylic acids is 1. The van der Waals surface area contributed by atoms with Gasteiger partial charge in [-0.15, -0.1) is 0 Å². The number of benzene rings is 1. The molecule has 19 heavy (non-hydrogen) atoms. The Morgan fingerprint density at radius 1 is 1.32 bits per heavy atom. The molecule has 6 nitrogen and oxygen atoms in total. The van der Waals surface area contributed by atoms with Crippen molar-refractivity contribution in [2.45, 2.75) is 6.42 Å². The van der Waals surface area contributed by atoms with Crippen LogP contribution in [0.3, 0.4) is 0 Å². The summed E-state index contributed by atoms with van der Waals surface area (Å²) in [5.41, 5.74) is 2.25. The van der Waals surface area contributed by atoms with Crippen molar-refractivity contribution in [3.05, 3.63) is 42.2 Å². The number of carboxylic acid groups (broad SMARTS) is 1.